The minimum absolute atomic E-state index is 0.0500. The second-order valence-corrected chi connectivity index (χ2v) is 13.8. The lowest BCUT2D eigenvalue weighted by Crippen LogP contribution is -2.29. The Morgan fingerprint density at radius 1 is 0.610 bits per heavy atom. The van der Waals surface area contributed by atoms with Crippen molar-refractivity contribution in [2.75, 3.05) is 0 Å². The van der Waals surface area contributed by atoms with Gasteiger partial charge in [-0.3, -0.25) is 4.79 Å². The highest BCUT2D eigenvalue weighted by Crippen LogP contribution is 2.25. The number of rotatable bonds is 12. The molecule has 2 aromatic carbocycles. The van der Waals surface area contributed by atoms with E-state index in [-0.39, 0.29) is 30.7 Å². The lowest BCUT2D eigenvalue weighted by Gasteiger charge is -2.17. The van der Waals surface area contributed by atoms with Crippen LogP contribution in [0.4, 0.5) is 43.9 Å². The van der Waals surface area contributed by atoms with Gasteiger partial charge in [-0.2, -0.15) is 0 Å². The van der Waals surface area contributed by atoms with Crippen molar-refractivity contribution in [2.45, 2.75) is 59.0 Å². The Morgan fingerprint density at radius 2 is 0.976 bits per heavy atom. The fourth-order valence-electron chi connectivity index (χ4n) is 3.08. The second-order valence-electron chi connectivity index (χ2n) is 9.39. The van der Waals surface area contributed by atoms with Crippen molar-refractivity contribution in [3.8, 4) is 0 Å². The van der Waals surface area contributed by atoms with Crippen LogP contribution in [0.15, 0.2) is 10.3 Å². The van der Waals surface area contributed by atoms with Crippen molar-refractivity contribution in [3.05, 3.63) is 69.3 Å². The van der Waals surface area contributed by atoms with E-state index in [0.29, 0.717) is 0 Å². The summed E-state index contributed by atoms with van der Waals surface area (Å²) in [7, 11) is -2.28. The number of benzene rings is 2. The third kappa shape index (κ3) is 8.67. The fraction of sp³-hybridized carbons (Fsp3) is 0.375. The smallest absolute Gasteiger partial charge is 0.292 e. The van der Waals surface area contributed by atoms with Gasteiger partial charge < -0.3 is 14.1 Å². The van der Waals surface area contributed by atoms with E-state index in [1.165, 1.54) is 6.92 Å². The zero-order chi connectivity index (χ0) is 31.2. The first-order chi connectivity index (χ1) is 19.0. The first-order valence-corrected chi connectivity index (χ1v) is 14.9. The summed E-state index contributed by atoms with van der Waals surface area (Å²) in [5, 5.41) is 7.05. The highest BCUT2D eigenvalue weighted by atomic mass is 28.4. The van der Waals surface area contributed by atoms with Gasteiger partial charge in [-0.05, 0) is 33.0 Å². The summed E-state index contributed by atoms with van der Waals surface area (Å²) in [5.74, 6) is -22.7. The molecule has 0 saturated carbocycles. The highest BCUT2D eigenvalue weighted by Gasteiger charge is 2.27. The summed E-state index contributed by atoms with van der Waals surface area (Å²) in [4.78, 5) is 21.5. The van der Waals surface area contributed by atoms with Crippen LogP contribution in [0.3, 0.4) is 0 Å². The van der Waals surface area contributed by atoms with Gasteiger partial charge in [-0.25, -0.2) is 43.9 Å². The molecule has 0 bridgehead atoms. The van der Waals surface area contributed by atoms with Gasteiger partial charge in [0, 0.05) is 12.8 Å². The van der Waals surface area contributed by atoms with Crippen molar-refractivity contribution in [2.24, 2.45) is 10.3 Å². The molecule has 0 amide bonds. The largest absolute Gasteiger partial charge is 0.520 e. The molecular formula is C24H22F10N2O4Si. The van der Waals surface area contributed by atoms with Crippen LogP contribution < -0.4 is 0 Å². The zero-order valence-corrected chi connectivity index (χ0v) is 22.8. The van der Waals surface area contributed by atoms with Gasteiger partial charge in [-0.1, -0.05) is 10.3 Å². The summed E-state index contributed by atoms with van der Waals surface area (Å²) in [6.45, 7) is 4.07. The molecule has 2 rings (SSSR count). The minimum atomic E-state index is -2.37. The van der Waals surface area contributed by atoms with Crippen molar-refractivity contribution in [3.63, 3.8) is 0 Å². The number of halogens is 10. The van der Waals surface area contributed by atoms with Crippen molar-refractivity contribution in [1.29, 1.82) is 0 Å². The van der Waals surface area contributed by atoms with E-state index in [4.69, 9.17) is 9.26 Å². The van der Waals surface area contributed by atoms with Crippen LogP contribution in [0.25, 0.3) is 0 Å². The van der Waals surface area contributed by atoms with E-state index in [9.17, 15) is 48.7 Å². The molecule has 0 spiro atoms. The van der Waals surface area contributed by atoms with Crippen LogP contribution in [-0.2, 0) is 32.1 Å². The Hall–Kier alpha value is -3.63. The van der Waals surface area contributed by atoms with Gasteiger partial charge in [-0.15, -0.1) is 0 Å². The van der Waals surface area contributed by atoms with Crippen molar-refractivity contribution < 1.29 is 62.8 Å². The van der Waals surface area contributed by atoms with Gasteiger partial charge in [0.15, 0.2) is 46.5 Å². The van der Waals surface area contributed by atoms with E-state index >= 15 is 0 Å². The number of hydrogen-bond donors (Lipinski definition) is 0. The average Bonchev–Trinajstić information content (AvgIpc) is 2.89. The zero-order valence-electron chi connectivity index (χ0n) is 21.8. The van der Waals surface area contributed by atoms with Crippen LogP contribution in [-0.4, -0.2) is 25.7 Å². The molecule has 0 heterocycles. The van der Waals surface area contributed by atoms with E-state index in [2.05, 4.69) is 15.1 Å². The van der Waals surface area contributed by atoms with Crippen LogP contribution >= 0.6 is 0 Å². The van der Waals surface area contributed by atoms with Crippen LogP contribution in [0, 0.1) is 58.2 Å². The standard InChI is InChI=1S/C24H22F10N2O4Si/c1-10(35-38-8-12-15(25)19(29)23(33)20(30)16(12)26)7-11(5-6-14(37)40-41(2,3)4)36-39-9-13-17(27)21(31)24(34)22(32)18(13)28/h5-9H2,1-4H3. The first kappa shape index (κ1) is 33.6. The Kier molecular flexibility index (Phi) is 11.3. The molecule has 0 saturated heterocycles. The summed E-state index contributed by atoms with van der Waals surface area (Å²) < 4.78 is 141. The van der Waals surface area contributed by atoms with E-state index < -0.39 is 96.8 Å². The van der Waals surface area contributed by atoms with Gasteiger partial charge in [0.05, 0.1) is 22.6 Å². The Labute approximate surface area is 227 Å². The molecule has 0 aliphatic rings. The number of hydrogen-bond acceptors (Lipinski definition) is 6. The number of nitrogens with zero attached hydrogens (tertiary/aromatic N) is 2. The van der Waals surface area contributed by atoms with E-state index in [1.807, 2.05) is 0 Å². The maximum atomic E-state index is 13.9. The normalized spacial score (nSPS) is 12.5. The lowest BCUT2D eigenvalue weighted by molar-refractivity contribution is -0.134. The highest BCUT2D eigenvalue weighted by molar-refractivity contribution is 6.71. The molecule has 0 N–H and O–H groups in total. The Morgan fingerprint density at radius 3 is 1.37 bits per heavy atom. The van der Waals surface area contributed by atoms with E-state index in [1.54, 1.807) is 19.6 Å². The Balaban J connectivity index is 2.21. The first-order valence-electron chi connectivity index (χ1n) is 11.5. The molecule has 0 radical (unpaired) electrons. The summed E-state index contributed by atoms with van der Waals surface area (Å²) in [6.07, 6.45) is -0.840. The molecule has 226 valence electrons. The maximum absolute atomic E-state index is 13.9. The third-order valence-corrected chi connectivity index (χ3v) is 5.77. The van der Waals surface area contributed by atoms with Crippen LogP contribution in [0.5, 0.6) is 0 Å². The lowest BCUT2D eigenvalue weighted by atomic mass is 10.1. The predicted octanol–water partition coefficient (Wildman–Crippen LogP) is 7.09. The quantitative estimate of drug-likeness (QED) is 0.0635. The minimum Gasteiger partial charge on any atom is -0.520 e. The van der Waals surface area contributed by atoms with Gasteiger partial charge >= 0.3 is 0 Å². The molecule has 0 unspecified atom stereocenters. The third-order valence-electron chi connectivity index (χ3n) is 4.93. The number of carbonyl (C=O) groups is 1. The predicted molar refractivity (Wildman–Crippen MR) is 126 cm³/mol. The molecular weight excluding hydrogens is 598 g/mol. The average molecular weight is 621 g/mol. The van der Waals surface area contributed by atoms with Crippen molar-refractivity contribution >= 4 is 25.7 Å². The van der Waals surface area contributed by atoms with Gasteiger partial charge in [0.25, 0.3) is 5.97 Å². The fourth-order valence-corrected chi connectivity index (χ4v) is 3.87. The molecule has 41 heavy (non-hydrogen) atoms. The Bertz CT molecular complexity index is 1320. The number of oxime groups is 2. The summed E-state index contributed by atoms with van der Waals surface area (Å²) in [5.41, 5.74) is -2.75. The monoisotopic (exact) mass is 620 g/mol. The molecule has 0 aliphatic heterocycles. The topological polar surface area (TPSA) is 69.5 Å². The molecule has 2 aromatic rings. The molecule has 0 aromatic heterocycles. The van der Waals surface area contributed by atoms with Crippen LogP contribution in [0.2, 0.25) is 19.6 Å². The molecule has 17 heteroatoms. The van der Waals surface area contributed by atoms with Gasteiger partial charge in [0.2, 0.25) is 20.0 Å². The summed E-state index contributed by atoms with van der Waals surface area (Å²) in [6, 6.07) is 0. The maximum Gasteiger partial charge on any atom is 0.292 e. The molecule has 0 atom stereocenters. The van der Waals surface area contributed by atoms with Gasteiger partial charge in [0.1, 0.15) is 13.2 Å². The number of carbonyl (C=O) groups excluding carboxylic acids is 1. The second kappa shape index (κ2) is 13.8. The van der Waals surface area contributed by atoms with Crippen LogP contribution in [0.1, 0.15) is 37.3 Å². The van der Waals surface area contributed by atoms with E-state index in [0.717, 1.165) is 0 Å². The molecule has 0 fully saturated rings. The molecule has 0 aliphatic carbocycles. The van der Waals surface area contributed by atoms with Crippen molar-refractivity contribution in [1.82, 2.24) is 0 Å². The molecule has 6 nitrogen and oxygen atoms in total. The SMILES string of the molecule is CC(CC(CCC(=O)O[Si](C)(C)C)=NOCc1c(F)c(F)c(F)c(F)c1F)=NOCc1c(F)c(F)c(F)c(F)c1F. The summed E-state index contributed by atoms with van der Waals surface area (Å²) >= 11 is 0.